The molecule has 0 bridgehead atoms. The average molecular weight is 512 g/mol. The molecule has 2 saturated carbocycles. The van der Waals surface area contributed by atoms with E-state index in [1.54, 1.807) is 12.1 Å². The Morgan fingerprint density at radius 2 is 1.47 bits per heavy atom. The minimum atomic E-state index is 0.268. The van der Waals surface area contributed by atoms with E-state index in [-0.39, 0.29) is 12.5 Å². The second-order valence-electron chi connectivity index (χ2n) is 10.8. The lowest BCUT2D eigenvalue weighted by molar-refractivity contribution is 0.174. The molecule has 0 unspecified atom stereocenters. The molecule has 0 atom stereocenters. The first-order valence-electron chi connectivity index (χ1n) is 14.1. The summed E-state index contributed by atoms with van der Waals surface area (Å²) in [5, 5.41) is 13.5. The number of hydrogen-bond acceptors (Lipinski definition) is 5. The first-order valence-corrected chi connectivity index (χ1v) is 14.1. The SMILES string of the molecule is Oc1ccc(C(=C(c2ccc3c(c2)OCO3)C2CC2)c2ccc(OCCNCC3CCCCC3)cc2)cc1. The summed E-state index contributed by atoms with van der Waals surface area (Å²) in [6.07, 6.45) is 9.22. The van der Waals surface area contributed by atoms with Crippen LogP contribution in [0.2, 0.25) is 0 Å². The maximum absolute atomic E-state index is 9.95. The Morgan fingerprint density at radius 1 is 0.789 bits per heavy atom. The van der Waals surface area contributed by atoms with Crippen molar-refractivity contribution in [2.75, 3.05) is 26.5 Å². The van der Waals surface area contributed by atoms with E-state index in [1.807, 2.05) is 18.2 Å². The van der Waals surface area contributed by atoms with Gasteiger partial charge in [0.1, 0.15) is 18.1 Å². The van der Waals surface area contributed by atoms with E-state index in [9.17, 15) is 5.11 Å². The highest BCUT2D eigenvalue weighted by Crippen LogP contribution is 2.49. The molecule has 1 aliphatic heterocycles. The Labute approximate surface area is 225 Å². The number of hydrogen-bond donors (Lipinski definition) is 2. The number of phenolic OH excluding ortho intramolecular Hbond substituents is 1. The summed E-state index contributed by atoms with van der Waals surface area (Å²) in [5.74, 6) is 4.07. The Hall–Kier alpha value is -3.44. The molecule has 38 heavy (non-hydrogen) atoms. The van der Waals surface area contributed by atoms with Gasteiger partial charge < -0.3 is 24.6 Å². The molecule has 0 radical (unpaired) electrons. The zero-order valence-corrected chi connectivity index (χ0v) is 22.0. The molecular weight excluding hydrogens is 474 g/mol. The van der Waals surface area contributed by atoms with Crippen LogP contribution in [0.3, 0.4) is 0 Å². The second kappa shape index (κ2) is 11.5. The van der Waals surface area contributed by atoms with Crippen molar-refractivity contribution in [2.24, 2.45) is 11.8 Å². The molecule has 5 nitrogen and oxygen atoms in total. The largest absolute Gasteiger partial charge is 0.508 e. The van der Waals surface area contributed by atoms with Crippen molar-refractivity contribution in [3.8, 4) is 23.0 Å². The third-order valence-corrected chi connectivity index (χ3v) is 7.94. The summed E-state index contributed by atoms with van der Waals surface area (Å²) in [6, 6.07) is 22.2. The Balaban J connectivity index is 1.22. The summed E-state index contributed by atoms with van der Waals surface area (Å²) in [4.78, 5) is 0. The van der Waals surface area contributed by atoms with E-state index >= 15 is 0 Å². The Bertz CT molecular complexity index is 1260. The lowest BCUT2D eigenvalue weighted by atomic mass is 9.87. The second-order valence-corrected chi connectivity index (χ2v) is 10.8. The molecule has 2 fully saturated rings. The number of benzene rings is 3. The molecule has 1 heterocycles. The molecule has 0 amide bonds. The molecule has 0 aromatic heterocycles. The molecule has 3 aromatic rings. The Morgan fingerprint density at radius 3 is 2.21 bits per heavy atom. The minimum absolute atomic E-state index is 0.268. The maximum Gasteiger partial charge on any atom is 0.231 e. The number of phenols is 1. The summed E-state index contributed by atoms with van der Waals surface area (Å²) in [7, 11) is 0. The monoisotopic (exact) mass is 511 g/mol. The fourth-order valence-electron chi connectivity index (χ4n) is 5.78. The molecule has 3 aromatic carbocycles. The first-order chi connectivity index (χ1) is 18.7. The van der Waals surface area contributed by atoms with Crippen LogP contribution in [0, 0.1) is 11.8 Å². The molecule has 2 N–H and O–H groups in total. The van der Waals surface area contributed by atoms with E-state index in [1.165, 1.54) is 56.1 Å². The molecule has 0 spiro atoms. The number of rotatable bonds is 10. The van der Waals surface area contributed by atoms with Crippen LogP contribution in [-0.4, -0.2) is 31.6 Å². The summed E-state index contributed by atoms with van der Waals surface area (Å²) in [6.45, 7) is 2.90. The van der Waals surface area contributed by atoms with Crippen LogP contribution >= 0.6 is 0 Å². The van der Waals surface area contributed by atoms with Gasteiger partial charge in [-0.15, -0.1) is 0 Å². The number of aromatic hydroxyl groups is 1. The summed E-state index contributed by atoms with van der Waals surface area (Å²) >= 11 is 0. The average Bonchev–Trinajstić information content (AvgIpc) is 3.68. The van der Waals surface area contributed by atoms with Gasteiger partial charge in [-0.2, -0.15) is 0 Å². The fourth-order valence-corrected chi connectivity index (χ4v) is 5.78. The summed E-state index contributed by atoms with van der Waals surface area (Å²) < 4.78 is 17.3. The third kappa shape index (κ3) is 5.83. The Kier molecular flexibility index (Phi) is 7.54. The molecule has 198 valence electrons. The van der Waals surface area contributed by atoms with Crippen molar-refractivity contribution >= 4 is 11.1 Å². The van der Waals surface area contributed by atoms with Crippen molar-refractivity contribution in [1.82, 2.24) is 5.32 Å². The van der Waals surface area contributed by atoms with E-state index in [4.69, 9.17) is 14.2 Å². The number of ether oxygens (including phenoxy) is 3. The van der Waals surface area contributed by atoms with E-state index in [2.05, 4.69) is 41.7 Å². The fraction of sp³-hybridized carbons (Fsp3) is 0.394. The van der Waals surface area contributed by atoms with Crippen LogP contribution in [0.15, 0.2) is 66.7 Å². The number of fused-ring (bicyclic) bond motifs is 1. The molecule has 6 rings (SSSR count). The predicted octanol–water partition coefficient (Wildman–Crippen LogP) is 7.04. The van der Waals surface area contributed by atoms with Gasteiger partial charge in [0, 0.05) is 6.54 Å². The lowest BCUT2D eigenvalue weighted by Gasteiger charge is -2.21. The molecule has 2 aliphatic carbocycles. The highest BCUT2D eigenvalue weighted by atomic mass is 16.7. The van der Waals surface area contributed by atoms with Crippen molar-refractivity contribution < 1.29 is 19.3 Å². The maximum atomic E-state index is 9.95. The number of nitrogens with one attached hydrogen (secondary N) is 1. The van der Waals surface area contributed by atoms with Gasteiger partial charge in [0.25, 0.3) is 0 Å². The van der Waals surface area contributed by atoms with E-state index < -0.39 is 0 Å². The lowest BCUT2D eigenvalue weighted by Crippen LogP contribution is -2.28. The first kappa shape index (κ1) is 24.9. The minimum Gasteiger partial charge on any atom is -0.508 e. The van der Waals surface area contributed by atoms with Crippen LogP contribution < -0.4 is 19.5 Å². The normalized spacial score (nSPS) is 17.8. The van der Waals surface area contributed by atoms with Crippen LogP contribution in [-0.2, 0) is 0 Å². The predicted molar refractivity (Wildman–Crippen MR) is 151 cm³/mol. The van der Waals surface area contributed by atoms with Gasteiger partial charge in [-0.1, -0.05) is 49.6 Å². The van der Waals surface area contributed by atoms with E-state index in [0.29, 0.717) is 12.5 Å². The zero-order valence-electron chi connectivity index (χ0n) is 22.0. The quantitative estimate of drug-likeness (QED) is 0.226. The van der Waals surface area contributed by atoms with Crippen LogP contribution in [0.5, 0.6) is 23.0 Å². The van der Waals surface area contributed by atoms with Gasteiger partial charge >= 0.3 is 0 Å². The topological polar surface area (TPSA) is 60.0 Å². The van der Waals surface area contributed by atoms with Gasteiger partial charge in [0.15, 0.2) is 11.5 Å². The number of allylic oxidation sites excluding steroid dienone is 1. The molecular formula is C33H37NO4. The van der Waals surface area contributed by atoms with Crippen molar-refractivity contribution in [3.63, 3.8) is 0 Å². The highest BCUT2D eigenvalue weighted by Gasteiger charge is 2.31. The summed E-state index contributed by atoms with van der Waals surface area (Å²) in [5.41, 5.74) is 5.88. The molecule has 3 aliphatic rings. The zero-order chi connectivity index (χ0) is 25.7. The van der Waals surface area contributed by atoms with Crippen LogP contribution in [0.1, 0.15) is 61.6 Å². The van der Waals surface area contributed by atoms with Crippen LogP contribution in [0.25, 0.3) is 11.1 Å². The highest BCUT2D eigenvalue weighted by molar-refractivity contribution is 6.00. The molecule has 0 saturated heterocycles. The van der Waals surface area contributed by atoms with Gasteiger partial charge in [0.05, 0.1) is 0 Å². The van der Waals surface area contributed by atoms with Crippen molar-refractivity contribution in [1.29, 1.82) is 0 Å². The van der Waals surface area contributed by atoms with Gasteiger partial charge in [-0.25, -0.2) is 0 Å². The standard InChI is InChI=1S/C33H37NO4/c35-28-13-8-25(9-14-28)32(33(24-6-7-24)27-12-17-30-31(20-27)38-22-37-30)26-10-15-29(16-11-26)36-19-18-34-21-23-4-2-1-3-5-23/h8-17,20,23-24,34-35H,1-7,18-19,21-22H2. The van der Waals surface area contributed by atoms with Gasteiger partial charge in [-0.3, -0.25) is 0 Å². The van der Waals surface area contributed by atoms with E-state index in [0.717, 1.165) is 52.9 Å². The van der Waals surface area contributed by atoms with Crippen molar-refractivity contribution in [2.45, 2.75) is 44.9 Å². The van der Waals surface area contributed by atoms with Gasteiger partial charge in [0.2, 0.25) is 6.79 Å². The molecule has 5 heteroatoms. The van der Waals surface area contributed by atoms with Gasteiger partial charge in [-0.05, 0) is 108 Å². The van der Waals surface area contributed by atoms with Crippen LogP contribution in [0.4, 0.5) is 0 Å². The van der Waals surface area contributed by atoms with Crippen molar-refractivity contribution in [3.05, 3.63) is 83.4 Å². The smallest absolute Gasteiger partial charge is 0.231 e. The third-order valence-electron chi connectivity index (χ3n) is 7.94.